The molecule has 26 heavy (non-hydrogen) atoms. The molecular weight excluding hydrogens is 322 g/mol. The summed E-state index contributed by atoms with van der Waals surface area (Å²) in [6.45, 7) is 1.64. The summed E-state index contributed by atoms with van der Waals surface area (Å²) in [6, 6.07) is 21.7. The van der Waals surface area contributed by atoms with Gasteiger partial charge in [-0.1, -0.05) is 48.5 Å². The molecule has 2 N–H and O–H groups in total. The van der Waals surface area contributed by atoms with Crippen LogP contribution < -0.4 is 5.32 Å². The Kier molecular flexibility index (Phi) is 3.92. The van der Waals surface area contributed by atoms with E-state index in [0.29, 0.717) is 30.1 Å². The highest BCUT2D eigenvalue weighted by Crippen LogP contribution is 2.55. The van der Waals surface area contributed by atoms with Crippen LogP contribution in [0.3, 0.4) is 0 Å². The van der Waals surface area contributed by atoms with E-state index >= 15 is 0 Å². The number of fused-ring (bicyclic) bond motifs is 1. The first-order valence-corrected chi connectivity index (χ1v) is 9.42. The van der Waals surface area contributed by atoms with Gasteiger partial charge in [-0.05, 0) is 53.3 Å². The Balaban J connectivity index is 1.38. The van der Waals surface area contributed by atoms with Gasteiger partial charge in [-0.25, -0.2) is 0 Å². The number of nitrogens with one attached hydrogen (secondary N) is 1. The number of aliphatic hydroxyl groups excluding tert-OH is 1. The van der Waals surface area contributed by atoms with Gasteiger partial charge in [0.05, 0.1) is 6.54 Å². The summed E-state index contributed by atoms with van der Waals surface area (Å²) in [5.41, 5.74) is 6.06. The van der Waals surface area contributed by atoms with Crippen molar-refractivity contribution >= 4 is 0 Å². The Morgan fingerprint density at radius 3 is 2.08 bits per heavy atom. The van der Waals surface area contributed by atoms with Crippen molar-refractivity contribution in [1.82, 2.24) is 5.32 Å². The minimum absolute atomic E-state index is 0.0417. The lowest BCUT2D eigenvalue weighted by molar-refractivity contribution is 0.242. The molecular formula is C23H23NO2. The topological polar surface area (TPSA) is 45.4 Å². The summed E-state index contributed by atoms with van der Waals surface area (Å²) < 4.78 is 5.58. The lowest BCUT2D eigenvalue weighted by Crippen LogP contribution is -2.37. The van der Waals surface area contributed by atoms with Gasteiger partial charge < -0.3 is 14.8 Å². The monoisotopic (exact) mass is 345 g/mol. The molecule has 2 aromatic carbocycles. The molecule has 1 unspecified atom stereocenters. The predicted molar refractivity (Wildman–Crippen MR) is 101 cm³/mol. The average molecular weight is 345 g/mol. The number of furan rings is 1. The number of aliphatic hydroxyl groups is 1. The van der Waals surface area contributed by atoms with Gasteiger partial charge in [0.15, 0.2) is 0 Å². The van der Waals surface area contributed by atoms with Crippen molar-refractivity contribution in [2.75, 3.05) is 6.54 Å². The second kappa shape index (κ2) is 6.42. The van der Waals surface area contributed by atoms with Crippen LogP contribution in [0.25, 0.3) is 0 Å². The van der Waals surface area contributed by atoms with E-state index < -0.39 is 0 Å². The molecule has 0 aliphatic heterocycles. The fourth-order valence-electron chi connectivity index (χ4n) is 4.94. The summed E-state index contributed by atoms with van der Waals surface area (Å²) >= 11 is 0. The normalized spacial score (nSPS) is 22.9. The minimum atomic E-state index is -0.0417. The highest BCUT2D eigenvalue weighted by Gasteiger charge is 2.42. The van der Waals surface area contributed by atoms with Crippen LogP contribution in [0.1, 0.15) is 52.0 Å². The molecule has 1 aromatic heterocycles. The molecule has 0 saturated carbocycles. The third-order valence-corrected chi connectivity index (χ3v) is 6.00. The molecule has 0 spiro atoms. The number of hydrogen-bond donors (Lipinski definition) is 2. The first-order chi connectivity index (χ1) is 12.8. The van der Waals surface area contributed by atoms with Crippen LogP contribution in [-0.2, 0) is 13.2 Å². The summed E-state index contributed by atoms with van der Waals surface area (Å²) in [5.74, 6) is 3.10. The number of benzene rings is 2. The zero-order valence-corrected chi connectivity index (χ0v) is 14.7. The van der Waals surface area contributed by atoms with Crippen LogP contribution in [0.15, 0.2) is 65.1 Å². The Morgan fingerprint density at radius 2 is 1.46 bits per heavy atom. The van der Waals surface area contributed by atoms with Crippen molar-refractivity contribution < 1.29 is 9.52 Å². The number of rotatable bonds is 5. The van der Waals surface area contributed by atoms with Gasteiger partial charge in [-0.2, -0.15) is 0 Å². The average Bonchev–Trinajstić information content (AvgIpc) is 3.16. The molecule has 3 aliphatic rings. The van der Waals surface area contributed by atoms with E-state index in [-0.39, 0.29) is 6.61 Å². The third kappa shape index (κ3) is 2.51. The van der Waals surface area contributed by atoms with Gasteiger partial charge in [0, 0.05) is 11.8 Å². The van der Waals surface area contributed by atoms with Crippen molar-refractivity contribution in [2.24, 2.45) is 5.92 Å². The second-order valence-electron chi connectivity index (χ2n) is 7.44. The fraction of sp³-hybridized carbons (Fsp3) is 0.304. The third-order valence-electron chi connectivity index (χ3n) is 6.00. The van der Waals surface area contributed by atoms with E-state index in [1.807, 2.05) is 12.1 Å². The second-order valence-corrected chi connectivity index (χ2v) is 7.44. The molecule has 0 radical (unpaired) electrons. The summed E-state index contributed by atoms with van der Waals surface area (Å²) in [4.78, 5) is 0. The van der Waals surface area contributed by atoms with Crippen molar-refractivity contribution in [3.8, 4) is 0 Å². The van der Waals surface area contributed by atoms with Crippen molar-refractivity contribution in [1.29, 1.82) is 0 Å². The maximum atomic E-state index is 9.12. The maximum Gasteiger partial charge on any atom is 0.129 e. The van der Waals surface area contributed by atoms with Gasteiger partial charge in [0.1, 0.15) is 18.1 Å². The lowest BCUT2D eigenvalue weighted by Gasteiger charge is -2.45. The summed E-state index contributed by atoms with van der Waals surface area (Å²) in [6.07, 6.45) is 1.20. The Hall–Kier alpha value is -2.36. The Bertz CT molecular complexity index is 882. The molecule has 0 amide bonds. The Labute approximate surface area is 153 Å². The van der Waals surface area contributed by atoms with E-state index in [1.165, 1.54) is 28.7 Å². The minimum Gasteiger partial charge on any atom is -0.462 e. The molecule has 3 aliphatic carbocycles. The smallest absolute Gasteiger partial charge is 0.129 e. The number of hydrogen-bond acceptors (Lipinski definition) is 3. The van der Waals surface area contributed by atoms with Crippen LogP contribution in [0.2, 0.25) is 0 Å². The SMILES string of the molecule is OCc1ccc(CNCC2CC3c4ccccc4C2c2ccccc23)o1. The predicted octanol–water partition coefficient (Wildman–Crippen LogP) is 4.16. The van der Waals surface area contributed by atoms with E-state index in [1.54, 1.807) is 0 Å². The van der Waals surface area contributed by atoms with Gasteiger partial charge >= 0.3 is 0 Å². The van der Waals surface area contributed by atoms with Crippen molar-refractivity contribution in [3.05, 3.63) is 94.4 Å². The van der Waals surface area contributed by atoms with Crippen LogP contribution in [0.4, 0.5) is 0 Å². The fourth-order valence-corrected chi connectivity index (χ4v) is 4.94. The van der Waals surface area contributed by atoms with Gasteiger partial charge in [0.25, 0.3) is 0 Å². The van der Waals surface area contributed by atoms with Crippen molar-refractivity contribution in [3.63, 3.8) is 0 Å². The van der Waals surface area contributed by atoms with Crippen LogP contribution in [-0.4, -0.2) is 11.7 Å². The van der Waals surface area contributed by atoms with Crippen LogP contribution in [0, 0.1) is 5.92 Å². The van der Waals surface area contributed by atoms with E-state index in [2.05, 4.69) is 53.8 Å². The van der Waals surface area contributed by atoms with Crippen LogP contribution >= 0.6 is 0 Å². The van der Waals surface area contributed by atoms with Crippen molar-refractivity contribution in [2.45, 2.75) is 31.4 Å². The van der Waals surface area contributed by atoms with Gasteiger partial charge in [0.2, 0.25) is 0 Å². The van der Waals surface area contributed by atoms with Gasteiger partial charge in [-0.3, -0.25) is 0 Å². The standard InChI is InChI=1S/C23H23NO2/c25-14-17-10-9-16(26-17)13-24-12-15-11-22-18-5-1-3-7-20(18)23(15)21-8-4-2-6-19(21)22/h1-10,15,22-25H,11-14H2. The molecule has 0 fully saturated rings. The molecule has 3 nitrogen and oxygen atoms in total. The summed E-state index contributed by atoms with van der Waals surface area (Å²) in [5, 5.41) is 12.7. The molecule has 6 rings (SSSR count). The molecule has 132 valence electrons. The molecule has 0 saturated heterocycles. The maximum absolute atomic E-state index is 9.12. The lowest BCUT2D eigenvalue weighted by atomic mass is 9.59. The van der Waals surface area contributed by atoms with E-state index in [0.717, 1.165) is 12.3 Å². The Morgan fingerprint density at radius 1 is 0.846 bits per heavy atom. The largest absolute Gasteiger partial charge is 0.462 e. The van der Waals surface area contributed by atoms with Gasteiger partial charge in [-0.15, -0.1) is 0 Å². The summed E-state index contributed by atoms with van der Waals surface area (Å²) in [7, 11) is 0. The quantitative estimate of drug-likeness (QED) is 0.730. The molecule has 3 aromatic rings. The molecule has 1 atom stereocenters. The van der Waals surface area contributed by atoms with Crippen LogP contribution in [0.5, 0.6) is 0 Å². The highest BCUT2D eigenvalue weighted by atomic mass is 16.4. The molecule has 2 bridgehead atoms. The molecule has 1 heterocycles. The first-order valence-electron chi connectivity index (χ1n) is 9.42. The molecule has 3 heteroatoms. The first kappa shape index (κ1) is 15.9. The zero-order chi connectivity index (χ0) is 17.5. The highest BCUT2D eigenvalue weighted by molar-refractivity contribution is 5.55. The van der Waals surface area contributed by atoms with E-state index in [4.69, 9.17) is 9.52 Å². The zero-order valence-electron chi connectivity index (χ0n) is 14.7. The van der Waals surface area contributed by atoms with E-state index in [9.17, 15) is 0 Å².